The highest BCUT2D eigenvalue weighted by molar-refractivity contribution is 5.79. The number of nitrogens with one attached hydrogen (secondary N) is 1. The van der Waals surface area contributed by atoms with Gasteiger partial charge in [-0.3, -0.25) is 9.69 Å². The van der Waals surface area contributed by atoms with Crippen LogP contribution >= 0.6 is 0 Å². The van der Waals surface area contributed by atoms with Crippen molar-refractivity contribution in [1.29, 1.82) is 0 Å². The molecule has 2 aromatic carbocycles. The fraction of sp³-hybridized carbons (Fsp3) is 0.464. The molecule has 7 nitrogen and oxygen atoms in total. The highest BCUT2D eigenvalue weighted by Gasteiger charge is 2.28. The Balaban J connectivity index is 1.30. The van der Waals surface area contributed by atoms with Crippen LogP contribution in [0.5, 0.6) is 5.75 Å². The van der Waals surface area contributed by atoms with Gasteiger partial charge in [0.2, 0.25) is 17.6 Å². The molecular weight excluding hydrogens is 440 g/mol. The van der Waals surface area contributed by atoms with Crippen LogP contribution in [0.4, 0.5) is 0 Å². The zero-order valence-electron chi connectivity index (χ0n) is 21.2. The number of piperidine rings is 1. The normalized spacial score (nSPS) is 15.8. The Morgan fingerprint density at radius 3 is 2.57 bits per heavy atom. The molecule has 0 aliphatic carbocycles. The van der Waals surface area contributed by atoms with Crippen molar-refractivity contribution in [2.45, 2.75) is 52.6 Å². The van der Waals surface area contributed by atoms with Crippen LogP contribution in [0.3, 0.4) is 0 Å². The molecule has 4 rings (SSSR count). The number of aryl methyl sites for hydroxylation is 1. The number of benzene rings is 2. The smallest absolute Gasteiger partial charge is 0.241 e. The van der Waals surface area contributed by atoms with Gasteiger partial charge in [0.05, 0.1) is 19.7 Å². The SMILES string of the molecule is COc1ccc(C(CC(C)C)NC(=O)C2CCN(Cc3nc(-c4cccc(C)c4)no3)CC2)cc1. The van der Waals surface area contributed by atoms with E-state index in [0.29, 0.717) is 24.2 Å². The van der Waals surface area contributed by atoms with Gasteiger partial charge in [-0.15, -0.1) is 0 Å². The lowest BCUT2D eigenvalue weighted by Gasteiger charge is -2.31. The molecule has 1 aromatic heterocycles. The molecular formula is C28H36N4O3. The molecule has 7 heteroatoms. The predicted molar refractivity (Wildman–Crippen MR) is 136 cm³/mol. The molecule has 0 bridgehead atoms. The highest BCUT2D eigenvalue weighted by atomic mass is 16.5. The number of ether oxygens (including phenoxy) is 1. The van der Waals surface area contributed by atoms with Crippen LogP contribution in [-0.2, 0) is 11.3 Å². The summed E-state index contributed by atoms with van der Waals surface area (Å²) in [5, 5.41) is 7.47. The quantitative estimate of drug-likeness (QED) is 0.459. The van der Waals surface area contributed by atoms with E-state index in [-0.39, 0.29) is 17.9 Å². The third-order valence-electron chi connectivity index (χ3n) is 6.60. The fourth-order valence-electron chi connectivity index (χ4n) is 4.64. The molecule has 0 saturated carbocycles. The summed E-state index contributed by atoms with van der Waals surface area (Å²) in [7, 11) is 1.66. The Kier molecular flexibility index (Phi) is 8.18. The first-order valence-corrected chi connectivity index (χ1v) is 12.5. The Hall–Kier alpha value is -3.19. The Bertz CT molecular complexity index is 1100. The first-order chi connectivity index (χ1) is 16.9. The standard InChI is InChI=1S/C28H36N4O3/c1-19(2)16-25(21-8-10-24(34-4)11-9-21)29-28(33)22-12-14-32(15-13-22)18-26-30-27(31-35-26)23-7-5-6-20(3)17-23/h5-11,17,19,22,25H,12-16,18H2,1-4H3,(H,29,33). The summed E-state index contributed by atoms with van der Waals surface area (Å²) in [6.45, 7) is 8.68. The summed E-state index contributed by atoms with van der Waals surface area (Å²) >= 11 is 0. The number of hydrogen-bond acceptors (Lipinski definition) is 6. The molecule has 1 amide bonds. The van der Waals surface area contributed by atoms with Crippen LogP contribution in [0.2, 0.25) is 0 Å². The molecule has 1 saturated heterocycles. The van der Waals surface area contributed by atoms with E-state index in [4.69, 9.17) is 9.26 Å². The first-order valence-electron chi connectivity index (χ1n) is 12.5. The first kappa shape index (κ1) is 24.9. The molecule has 2 heterocycles. The second-order valence-electron chi connectivity index (χ2n) is 9.90. The summed E-state index contributed by atoms with van der Waals surface area (Å²) in [5.41, 5.74) is 3.24. The van der Waals surface area contributed by atoms with Gasteiger partial charge in [-0.25, -0.2) is 0 Å². The largest absolute Gasteiger partial charge is 0.497 e. The lowest BCUT2D eigenvalue weighted by atomic mass is 9.93. The van der Waals surface area contributed by atoms with Crippen molar-refractivity contribution in [3.05, 3.63) is 65.5 Å². The maximum atomic E-state index is 13.1. The van der Waals surface area contributed by atoms with Crippen LogP contribution in [0.25, 0.3) is 11.4 Å². The number of likely N-dealkylation sites (tertiary alicyclic amines) is 1. The van der Waals surface area contributed by atoms with Crippen LogP contribution in [0, 0.1) is 18.8 Å². The topological polar surface area (TPSA) is 80.5 Å². The van der Waals surface area contributed by atoms with Crippen molar-refractivity contribution < 1.29 is 14.1 Å². The second kappa shape index (κ2) is 11.5. The van der Waals surface area contributed by atoms with Gasteiger partial charge in [-0.1, -0.05) is 54.9 Å². The van der Waals surface area contributed by atoms with E-state index in [1.54, 1.807) is 7.11 Å². The van der Waals surface area contributed by atoms with E-state index in [1.165, 1.54) is 0 Å². The van der Waals surface area contributed by atoms with E-state index < -0.39 is 0 Å². The maximum Gasteiger partial charge on any atom is 0.241 e. The summed E-state index contributed by atoms with van der Waals surface area (Å²) in [6.07, 6.45) is 2.54. The van der Waals surface area contributed by atoms with Crippen molar-refractivity contribution in [3.8, 4) is 17.1 Å². The number of amides is 1. The average molecular weight is 477 g/mol. The minimum absolute atomic E-state index is 0.00451. The van der Waals surface area contributed by atoms with Gasteiger partial charge in [-0.05, 0) is 69.0 Å². The van der Waals surface area contributed by atoms with Crippen molar-refractivity contribution in [2.24, 2.45) is 11.8 Å². The van der Waals surface area contributed by atoms with Crippen molar-refractivity contribution >= 4 is 5.91 Å². The fourth-order valence-corrected chi connectivity index (χ4v) is 4.64. The van der Waals surface area contributed by atoms with E-state index in [0.717, 1.165) is 54.8 Å². The van der Waals surface area contributed by atoms with Crippen LogP contribution < -0.4 is 10.1 Å². The van der Waals surface area contributed by atoms with E-state index in [9.17, 15) is 4.79 Å². The summed E-state index contributed by atoms with van der Waals surface area (Å²) < 4.78 is 10.8. The number of rotatable bonds is 9. The molecule has 35 heavy (non-hydrogen) atoms. The van der Waals surface area contributed by atoms with Gasteiger partial charge in [0.15, 0.2) is 0 Å². The van der Waals surface area contributed by atoms with Gasteiger partial charge in [0.25, 0.3) is 0 Å². The number of carbonyl (C=O) groups excluding carboxylic acids is 1. The molecule has 3 aromatic rings. The lowest BCUT2D eigenvalue weighted by Crippen LogP contribution is -2.41. The van der Waals surface area contributed by atoms with Gasteiger partial charge >= 0.3 is 0 Å². The average Bonchev–Trinajstić information content (AvgIpc) is 3.32. The molecule has 0 radical (unpaired) electrons. The molecule has 1 aliphatic rings. The summed E-state index contributed by atoms with van der Waals surface area (Å²) in [5.74, 6) is 2.69. The molecule has 1 N–H and O–H groups in total. The third-order valence-corrected chi connectivity index (χ3v) is 6.60. The molecule has 1 fully saturated rings. The van der Waals surface area contributed by atoms with Crippen molar-refractivity contribution in [2.75, 3.05) is 20.2 Å². The highest BCUT2D eigenvalue weighted by Crippen LogP contribution is 2.26. The van der Waals surface area contributed by atoms with Crippen LogP contribution in [0.15, 0.2) is 53.1 Å². The van der Waals surface area contributed by atoms with Gasteiger partial charge < -0.3 is 14.6 Å². The zero-order valence-corrected chi connectivity index (χ0v) is 21.2. The molecule has 1 unspecified atom stereocenters. The molecule has 186 valence electrons. The Labute approximate surface area is 207 Å². The number of methoxy groups -OCH3 is 1. The monoisotopic (exact) mass is 476 g/mol. The van der Waals surface area contributed by atoms with E-state index in [2.05, 4.69) is 40.3 Å². The molecule has 1 aliphatic heterocycles. The van der Waals surface area contributed by atoms with Gasteiger partial charge in [0.1, 0.15) is 5.75 Å². The summed E-state index contributed by atoms with van der Waals surface area (Å²) in [6, 6.07) is 16.1. The minimum atomic E-state index is 0.00451. The maximum absolute atomic E-state index is 13.1. The molecule has 0 spiro atoms. The number of carbonyl (C=O) groups is 1. The van der Waals surface area contributed by atoms with E-state index in [1.807, 2.05) is 49.4 Å². The van der Waals surface area contributed by atoms with Gasteiger partial charge in [-0.2, -0.15) is 4.98 Å². The minimum Gasteiger partial charge on any atom is -0.497 e. The summed E-state index contributed by atoms with van der Waals surface area (Å²) in [4.78, 5) is 20.0. The van der Waals surface area contributed by atoms with Gasteiger partial charge in [0, 0.05) is 11.5 Å². The predicted octanol–water partition coefficient (Wildman–Crippen LogP) is 5.17. The van der Waals surface area contributed by atoms with Crippen LogP contribution in [0.1, 0.15) is 56.2 Å². The van der Waals surface area contributed by atoms with E-state index >= 15 is 0 Å². The molecule has 1 atom stereocenters. The number of aromatic nitrogens is 2. The third kappa shape index (κ3) is 6.69. The van der Waals surface area contributed by atoms with Crippen molar-refractivity contribution in [3.63, 3.8) is 0 Å². The van der Waals surface area contributed by atoms with Crippen LogP contribution in [-0.4, -0.2) is 41.1 Å². The number of nitrogens with zero attached hydrogens (tertiary/aromatic N) is 3. The zero-order chi connectivity index (χ0) is 24.8. The second-order valence-corrected chi connectivity index (χ2v) is 9.90. The number of hydrogen-bond donors (Lipinski definition) is 1. The Morgan fingerprint density at radius 1 is 1.17 bits per heavy atom. The van der Waals surface area contributed by atoms with Crippen molar-refractivity contribution in [1.82, 2.24) is 20.4 Å². The lowest BCUT2D eigenvalue weighted by molar-refractivity contribution is -0.127. The Morgan fingerprint density at radius 2 is 1.91 bits per heavy atom.